The molecule has 1 N–H and O–H groups in total. The molecule has 2 aromatic heterocycles. The maximum absolute atomic E-state index is 11.4. The third kappa shape index (κ3) is 2.28. The summed E-state index contributed by atoms with van der Waals surface area (Å²) in [6.45, 7) is 1.83. The van der Waals surface area contributed by atoms with Gasteiger partial charge in [-0.15, -0.1) is 11.3 Å². The van der Waals surface area contributed by atoms with E-state index in [1.54, 1.807) is 10.9 Å². The summed E-state index contributed by atoms with van der Waals surface area (Å²) < 4.78 is 6.34. The smallest absolute Gasteiger partial charge is 0.357 e. The average Bonchev–Trinajstić information content (AvgIpc) is 2.86. The van der Waals surface area contributed by atoms with Crippen molar-refractivity contribution in [2.45, 2.75) is 6.92 Å². The van der Waals surface area contributed by atoms with E-state index in [0.717, 1.165) is 10.7 Å². The molecule has 0 aliphatic rings. The first-order valence-electron chi connectivity index (χ1n) is 4.92. The quantitative estimate of drug-likeness (QED) is 0.842. The van der Waals surface area contributed by atoms with Gasteiger partial charge in [0.2, 0.25) is 0 Å². The Morgan fingerprint density at radius 2 is 2.35 bits per heavy atom. The van der Waals surface area contributed by atoms with Crippen LogP contribution in [0, 0.1) is 6.92 Å². The van der Waals surface area contributed by atoms with Gasteiger partial charge in [-0.2, -0.15) is 5.10 Å². The largest absolute Gasteiger partial charge is 0.464 e. The zero-order valence-corrected chi connectivity index (χ0v) is 10.5. The molecule has 0 spiro atoms. The normalized spacial score (nSPS) is 10.3. The molecule has 0 aromatic carbocycles. The number of carbonyl (C=O) groups is 1. The average molecular weight is 252 g/mol. The number of anilines is 2. The highest BCUT2D eigenvalue weighted by Gasteiger charge is 2.16. The Bertz CT molecular complexity index is 546. The lowest BCUT2D eigenvalue weighted by Gasteiger charge is -2.01. The SMILES string of the molecule is COC(=O)c1nc(Nc2ccnn2C)sc1C. The van der Waals surface area contributed by atoms with Gasteiger partial charge in [0.15, 0.2) is 10.8 Å². The van der Waals surface area contributed by atoms with Crippen LogP contribution < -0.4 is 5.32 Å². The van der Waals surface area contributed by atoms with Crippen LogP contribution in [0.5, 0.6) is 0 Å². The minimum absolute atomic E-state index is 0.349. The van der Waals surface area contributed by atoms with Gasteiger partial charge >= 0.3 is 5.97 Å². The fourth-order valence-electron chi connectivity index (χ4n) is 1.34. The highest BCUT2D eigenvalue weighted by molar-refractivity contribution is 7.15. The second kappa shape index (κ2) is 4.54. The molecule has 2 aromatic rings. The minimum Gasteiger partial charge on any atom is -0.464 e. The maximum Gasteiger partial charge on any atom is 0.357 e. The van der Waals surface area contributed by atoms with Gasteiger partial charge in [-0.25, -0.2) is 9.78 Å². The van der Waals surface area contributed by atoms with Crippen LogP contribution in [0.1, 0.15) is 15.4 Å². The van der Waals surface area contributed by atoms with Crippen LogP contribution in [-0.2, 0) is 11.8 Å². The Hall–Kier alpha value is -1.89. The number of methoxy groups -OCH3 is 1. The van der Waals surface area contributed by atoms with Crippen LogP contribution in [0.3, 0.4) is 0 Å². The van der Waals surface area contributed by atoms with E-state index >= 15 is 0 Å². The van der Waals surface area contributed by atoms with Crippen LogP contribution >= 0.6 is 11.3 Å². The van der Waals surface area contributed by atoms with Crippen LogP contribution in [0.4, 0.5) is 10.9 Å². The number of hydrogen-bond donors (Lipinski definition) is 1. The van der Waals surface area contributed by atoms with Gasteiger partial charge in [0.1, 0.15) is 5.82 Å². The van der Waals surface area contributed by atoms with E-state index in [1.807, 2.05) is 20.0 Å². The molecule has 0 saturated carbocycles. The summed E-state index contributed by atoms with van der Waals surface area (Å²) >= 11 is 1.40. The van der Waals surface area contributed by atoms with Crippen molar-refractivity contribution in [3.05, 3.63) is 22.8 Å². The Morgan fingerprint density at radius 1 is 1.59 bits per heavy atom. The van der Waals surface area contributed by atoms with Crippen molar-refractivity contribution in [1.29, 1.82) is 0 Å². The van der Waals surface area contributed by atoms with E-state index < -0.39 is 5.97 Å². The van der Waals surface area contributed by atoms with Gasteiger partial charge in [0.05, 0.1) is 13.3 Å². The zero-order valence-electron chi connectivity index (χ0n) is 9.72. The Balaban J connectivity index is 2.24. The van der Waals surface area contributed by atoms with Crippen molar-refractivity contribution in [2.75, 3.05) is 12.4 Å². The maximum atomic E-state index is 11.4. The number of rotatable bonds is 3. The molecule has 0 radical (unpaired) electrons. The number of nitrogens with one attached hydrogen (secondary N) is 1. The van der Waals surface area contributed by atoms with Crippen molar-refractivity contribution in [1.82, 2.24) is 14.8 Å². The monoisotopic (exact) mass is 252 g/mol. The summed E-state index contributed by atoms with van der Waals surface area (Å²) in [4.78, 5) is 16.4. The van der Waals surface area contributed by atoms with Crippen molar-refractivity contribution in [2.24, 2.45) is 7.05 Å². The molecule has 2 heterocycles. The molecule has 0 aliphatic heterocycles. The molecule has 6 nitrogen and oxygen atoms in total. The summed E-state index contributed by atoms with van der Waals surface area (Å²) in [5.74, 6) is 0.395. The van der Waals surface area contributed by atoms with Gasteiger partial charge in [0, 0.05) is 18.0 Å². The fourth-order valence-corrected chi connectivity index (χ4v) is 2.15. The number of carbonyl (C=O) groups excluding carboxylic acids is 1. The van der Waals surface area contributed by atoms with E-state index in [4.69, 9.17) is 0 Å². The molecule has 0 fully saturated rings. The van der Waals surface area contributed by atoms with E-state index in [9.17, 15) is 4.79 Å². The van der Waals surface area contributed by atoms with Gasteiger partial charge in [-0.3, -0.25) is 4.68 Å². The molecule has 17 heavy (non-hydrogen) atoms. The first-order valence-corrected chi connectivity index (χ1v) is 5.74. The molecule has 0 unspecified atom stereocenters. The van der Waals surface area contributed by atoms with Crippen LogP contribution in [-0.4, -0.2) is 27.8 Å². The van der Waals surface area contributed by atoms with Gasteiger partial charge in [-0.05, 0) is 6.92 Å². The number of thiazole rings is 1. The molecule has 90 valence electrons. The lowest BCUT2D eigenvalue weighted by Crippen LogP contribution is -2.04. The molecule has 0 amide bonds. The van der Waals surface area contributed by atoms with Crippen molar-refractivity contribution in [3.63, 3.8) is 0 Å². The highest BCUT2D eigenvalue weighted by Crippen LogP contribution is 2.25. The number of hydrogen-bond acceptors (Lipinski definition) is 6. The van der Waals surface area contributed by atoms with Crippen LogP contribution in [0.25, 0.3) is 0 Å². The van der Waals surface area contributed by atoms with Crippen LogP contribution in [0.2, 0.25) is 0 Å². The summed E-state index contributed by atoms with van der Waals surface area (Å²) in [7, 11) is 3.17. The third-order valence-corrected chi connectivity index (χ3v) is 3.12. The lowest BCUT2D eigenvalue weighted by atomic mass is 10.4. The molecule has 0 bridgehead atoms. The molecule has 7 heteroatoms. The standard InChI is InChI=1S/C10H12N4O2S/c1-6-8(9(15)16-3)13-10(17-6)12-7-4-5-11-14(7)2/h4-5H,1-3H3,(H,12,13). The van der Waals surface area contributed by atoms with Crippen molar-refractivity contribution >= 4 is 28.3 Å². The number of ether oxygens (including phenoxy) is 1. The third-order valence-electron chi connectivity index (χ3n) is 2.23. The molecule has 2 rings (SSSR count). The predicted octanol–water partition coefficient (Wildman–Crippen LogP) is 1.72. The molecule has 0 atom stereocenters. The van der Waals surface area contributed by atoms with E-state index in [1.165, 1.54) is 18.4 Å². The summed E-state index contributed by atoms with van der Waals surface area (Å²) in [6, 6.07) is 1.83. The predicted molar refractivity (Wildman–Crippen MR) is 64.7 cm³/mol. The topological polar surface area (TPSA) is 69.0 Å². The van der Waals surface area contributed by atoms with E-state index in [2.05, 4.69) is 20.1 Å². The van der Waals surface area contributed by atoms with Gasteiger partial charge in [-0.1, -0.05) is 0 Å². The number of aryl methyl sites for hydroxylation is 2. The first-order chi connectivity index (χ1) is 8.11. The number of nitrogens with zero attached hydrogens (tertiary/aromatic N) is 3. The molecular weight excluding hydrogens is 240 g/mol. The molecule has 0 saturated heterocycles. The summed E-state index contributed by atoms with van der Waals surface area (Å²) in [6.07, 6.45) is 1.68. The second-order valence-corrected chi connectivity index (χ2v) is 4.58. The second-order valence-electron chi connectivity index (χ2n) is 3.38. The van der Waals surface area contributed by atoms with Crippen molar-refractivity contribution < 1.29 is 9.53 Å². The number of esters is 1. The van der Waals surface area contributed by atoms with Crippen LogP contribution in [0.15, 0.2) is 12.3 Å². The summed E-state index contributed by atoms with van der Waals surface area (Å²) in [5.41, 5.74) is 0.349. The zero-order chi connectivity index (χ0) is 12.4. The molecular formula is C10H12N4O2S. The van der Waals surface area contributed by atoms with E-state index in [-0.39, 0.29) is 0 Å². The highest BCUT2D eigenvalue weighted by atomic mass is 32.1. The first kappa shape index (κ1) is 11.6. The Kier molecular flexibility index (Phi) is 3.10. The Morgan fingerprint density at radius 3 is 2.94 bits per heavy atom. The van der Waals surface area contributed by atoms with Crippen molar-refractivity contribution in [3.8, 4) is 0 Å². The summed E-state index contributed by atoms with van der Waals surface area (Å²) in [5, 5.41) is 7.77. The lowest BCUT2D eigenvalue weighted by molar-refractivity contribution is 0.0594. The Labute approximate surface area is 102 Å². The fraction of sp³-hybridized carbons (Fsp3) is 0.300. The molecule has 0 aliphatic carbocycles. The number of aromatic nitrogens is 3. The van der Waals surface area contributed by atoms with Gasteiger partial charge in [0.25, 0.3) is 0 Å². The van der Waals surface area contributed by atoms with E-state index in [0.29, 0.717) is 10.8 Å². The van der Waals surface area contributed by atoms with Gasteiger partial charge < -0.3 is 10.1 Å². The minimum atomic E-state index is -0.420.